The molecule has 188 valence electrons. The SMILES string of the molecule is CC1O[C@@H](OC2C(O)CSC(CO)[C@H]2OC2OC(CO)[C@H](O)C(O)C2O)C(O)C(O)C1O. The van der Waals surface area contributed by atoms with Gasteiger partial charge in [-0.05, 0) is 6.92 Å². The Hall–Kier alpha value is -0.170. The summed E-state index contributed by atoms with van der Waals surface area (Å²) in [4.78, 5) is 0. The molecule has 32 heavy (non-hydrogen) atoms. The number of ether oxygens (including phenoxy) is 4. The predicted molar refractivity (Wildman–Crippen MR) is 105 cm³/mol. The van der Waals surface area contributed by atoms with Crippen LogP contribution in [0.15, 0.2) is 0 Å². The molecule has 0 aromatic rings. The van der Waals surface area contributed by atoms with E-state index < -0.39 is 98.2 Å². The molecule has 0 bridgehead atoms. The molecule has 0 aliphatic carbocycles. The lowest BCUT2D eigenvalue weighted by Gasteiger charge is -2.47. The first kappa shape index (κ1) is 26.4. The van der Waals surface area contributed by atoms with E-state index in [-0.39, 0.29) is 5.75 Å². The van der Waals surface area contributed by atoms with Crippen LogP contribution in [0.4, 0.5) is 0 Å². The number of rotatable bonds is 6. The third-order valence-corrected chi connectivity index (χ3v) is 7.35. The Morgan fingerprint density at radius 3 is 1.88 bits per heavy atom. The Morgan fingerprint density at radius 2 is 1.28 bits per heavy atom. The first-order chi connectivity index (χ1) is 15.1. The summed E-state index contributed by atoms with van der Waals surface area (Å²) in [5, 5.41) is 89.4. The Bertz CT molecular complexity index is 599. The minimum absolute atomic E-state index is 0.119. The fourth-order valence-corrected chi connectivity index (χ4v) is 5.10. The van der Waals surface area contributed by atoms with Crippen molar-refractivity contribution in [1.29, 1.82) is 0 Å². The van der Waals surface area contributed by atoms with E-state index in [1.54, 1.807) is 0 Å². The Balaban J connectivity index is 1.79. The molecule has 3 rings (SSSR count). The molecule has 11 unspecified atom stereocenters. The molecular formula is C18H32O13S. The summed E-state index contributed by atoms with van der Waals surface area (Å²) < 4.78 is 22.3. The van der Waals surface area contributed by atoms with Gasteiger partial charge in [0, 0.05) is 5.75 Å². The highest BCUT2D eigenvalue weighted by atomic mass is 32.2. The highest BCUT2D eigenvalue weighted by Crippen LogP contribution is 2.35. The summed E-state index contributed by atoms with van der Waals surface area (Å²) in [5.41, 5.74) is 0. The minimum Gasteiger partial charge on any atom is -0.395 e. The van der Waals surface area contributed by atoms with Gasteiger partial charge in [0.2, 0.25) is 0 Å². The summed E-state index contributed by atoms with van der Waals surface area (Å²) in [7, 11) is 0. The minimum atomic E-state index is -1.72. The van der Waals surface area contributed by atoms with Crippen LogP contribution in [-0.2, 0) is 18.9 Å². The first-order valence-corrected chi connectivity index (χ1v) is 11.4. The van der Waals surface area contributed by atoms with Crippen LogP contribution in [0, 0.1) is 0 Å². The molecular weight excluding hydrogens is 456 g/mol. The molecule has 13 nitrogen and oxygen atoms in total. The van der Waals surface area contributed by atoms with Crippen molar-refractivity contribution in [2.75, 3.05) is 19.0 Å². The molecule has 9 N–H and O–H groups in total. The number of hydrogen-bond acceptors (Lipinski definition) is 14. The first-order valence-electron chi connectivity index (χ1n) is 10.3. The molecule has 3 aliphatic heterocycles. The second kappa shape index (κ2) is 11.0. The Labute approximate surface area is 188 Å². The average molecular weight is 489 g/mol. The average Bonchev–Trinajstić information content (AvgIpc) is 2.78. The van der Waals surface area contributed by atoms with Crippen molar-refractivity contribution in [3.05, 3.63) is 0 Å². The second-order valence-electron chi connectivity index (χ2n) is 8.20. The monoisotopic (exact) mass is 488 g/mol. The van der Waals surface area contributed by atoms with Crippen LogP contribution in [0.1, 0.15) is 6.92 Å². The van der Waals surface area contributed by atoms with E-state index >= 15 is 0 Å². The third kappa shape index (κ3) is 5.23. The smallest absolute Gasteiger partial charge is 0.187 e. The van der Waals surface area contributed by atoms with Crippen LogP contribution < -0.4 is 0 Å². The van der Waals surface area contributed by atoms with E-state index in [1.807, 2.05) is 0 Å². The van der Waals surface area contributed by atoms with Gasteiger partial charge in [0.05, 0.1) is 30.7 Å². The molecule has 0 amide bonds. The molecule has 3 heterocycles. The van der Waals surface area contributed by atoms with Crippen molar-refractivity contribution < 1.29 is 64.9 Å². The van der Waals surface area contributed by atoms with Crippen molar-refractivity contribution in [3.63, 3.8) is 0 Å². The van der Waals surface area contributed by atoms with Crippen molar-refractivity contribution in [2.24, 2.45) is 0 Å². The maximum Gasteiger partial charge on any atom is 0.187 e. The van der Waals surface area contributed by atoms with E-state index in [9.17, 15) is 46.0 Å². The van der Waals surface area contributed by atoms with Crippen LogP contribution in [0.5, 0.6) is 0 Å². The zero-order chi connectivity index (χ0) is 23.7. The topological polar surface area (TPSA) is 219 Å². The van der Waals surface area contributed by atoms with Crippen LogP contribution in [0.3, 0.4) is 0 Å². The summed E-state index contributed by atoms with van der Waals surface area (Å²) in [6, 6.07) is 0. The summed E-state index contributed by atoms with van der Waals surface area (Å²) in [5.74, 6) is 0.119. The predicted octanol–water partition coefficient (Wildman–Crippen LogP) is -5.15. The molecule has 3 aliphatic rings. The van der Waals surface area contributed by atoms with E-state index in [0.29, 0.717) is 0 Å². The van der Waals surface area contributed by atoms with Gasteiger partial charge in [-0.25, -0.2) is 0 Å². The van der Waals surface area contributed by atoms with Crippen LogP contribution >= 0.6 is 11.8 Å². The quantitative estimate of drug-likeness (QED) is 0.171. The highest BCUT2D eigenvalue weighted by Gasteiger charge is 2.51. The summed E-state index contributed by atoms with van der Waals surface area (Å²) in [6.45, 7) is 0.364. The second-order valence-corrected chi connectivity index (χ2v) is 9.47. The van der Waals surface area contributed by atoms with Crippen molar-refractivity contribution in [1.82, 2.24) is 0 Å². The van der Waals surface area contributed by atoms with E-state index in [0.717, 1.165) is 11.8 Å². The Kier molecular flexibility index (Phi) is 9.13. The lowest BCUT2D eigenvalue weighted by Crippen LogP contribution is -2.64. The van der Waals surface area contributed by atoms with Gasteiger partial charge < -0.3 is 64.9 Å². The standard InChI is InChI=1S/C18H32O13S/c1-5-9(22)11(24)13(26)17(28-5)30-15-6(21)4-32-8(3-20)16(15)31-18-14(27)12(25)10(23)7(2-19)29-18/h5-27H,2-4H2,1H3/t5?,6?,7?,8?,9?,10-,11?,12?,13?,14?,15?,16+,17-,18?/m0/s1. The van der Waals surface area contributed by atoms with Crippen LogP contribution in [0.2, 0.25) is 0 Å². The van der Waals surface area contributed by atoms with Gasteiger partial charge in [0.15, 0.2) is 12.6 Å². The molecule has 3 saturated heterocycles. The van der Waals surface area contributed by atoms with E-state index in [4.69, 9.17) is 18.9 Å². The zero-order valence-corrected chi connectivity index (χ0v) is 18.1. The van der Waals surface area contributed by atoms with Gasteiger partial charge in [0.1, 0.15) is 54.9 Å². The van der Waals surface area contributed by atoms with E-state index in [2.05, 4.69) is 0 Å². The van der Waals surface area contributed by atoms with Gasteiger partial charge in [0.25, 0.3) is 0 Å². The van der Waals surface area contributed by atoms with Crippen LogP contribution in [-0.4, -0.2) is 150 Å². The third-order valence-electron chi connectivity index (χ3n) is 5.97. The van der Waals surface area contributed by atoms with Crippen molar-refractivity contribution in [2.45, 2.75) is 91.9 Å². The summed E-state index contributed by atoms with van der Waals surface area (Å²) in [6.07, 6.45) is -18.3. The molecule has 0 radical (unpaired) electrons. The fraction of sp³-hybridized carbons (Fsp3) is 1.00. The molecule has 0 spiro atoms. The molecule has 0 saturated carbocycles. The fourth-order valence-electron chi connectivity index (χ4n) is 3.95. The lowest BCUT2D eigenvalue weighted by molar-refractivity contribution is -0.344. The lowest BCUT2D eigenvalue weighted by atomic mass is 9.98. The van der Waals surface area contributed by atoms with E-state index in [1.165, 1.54) is 6.92 Å². The molecule has 0 aromatic carbocycles. The molecule has 14 atom stereocenters. The Morgan fingerprint density at radius 1 is 0.719 bits per heavy atom. The largest absolute Gasteiger partial charge is 0.395 e. The number of hydrogen-bond donors (Lipinski definition) is 9. The highest BCUT2D eigenvalue weighted by molar-refractivity contribution is 8.00. The van der Waals surface area contributed by atoms with Gasteiger partial charge in [-0.1, -0.05) is 0 Å². The van der Waals surface area contributed by atoms with Gasteiger partial charge in [-0.15, -0.1) is 0 Å². The van der Waals surface area contributed by atoms with Crippen molar-refractivity contribution >= 4 is 11.8 Å². The molecule has 0 aromatic heterocycles. The molecule has 3 fully saturated rings. The number of aliphatic hydroxyl groups excluding tert-OH is 9. The maximum absolute atomic E-state index is 10.6. The normalized spacial score (nSPS) is 52.7. The van der Waals surface area contributed by atoms with Crippen LogP contribution in [0.25, 0.3) is 0 Å². The zero-order valence-electron chi connectivity index (χ0n) is 17.3. The number of aliphatic hydroxyl groups is 9. The molecule has 14 heteroatoms. The van der Waals surface area contributed by atoms with Gasteiger partial charge in [-0.3, -0.25) is 0 Å². The van der Waals surface area contributed by atoms with Gasteiger partial charge >= 0.3 is 0 Å². The van der Waals surface area contributed by atoms with Gasteiger partial charge in [-0.2, -0.15) is 11.8 Å². The van der Waals surface area contributed by atoms with Crippen molar-refractivity contribution in [3.8, 4) is 0 Å². The maximum atomic E-state index is 10.6. The summed E-state index contributed by atoms with van der Waals surface area (Å²) >= 11 is 1.15. The number of thioether (sulfide) groups is 1.